The number of aliphatic hydroxyl groups is 1. The average Bonchev–Trinajstić information content (AvgIpc) is 3.19. The molecule has 1 heterocycles. The molecule has 1 aliphatic heterocycles. The van der Waals surface area contributed by atoms with Gasteiger partial charge in [0.25, 0.3) is 0 Å². The Morgan fingerprint density at radius 1 is 1.22 bits per heavy atom. The van der Waals surface area contributed by atoms with Crippen LogP contribution in [0.5, 0.6) is 0 Å². The topological polar surface area (TPSA) is 130 Å². The molecule has 0 bridgehead atoms. The van der Waals surface area contributed by atoms with E-state index in [1.165, 1.54) is 7.11 Å². The summed E-state index contributed by atoms with van der Waals surface area (Å²) in [6.45, 7) is 11.4. The van der Waals surface area contributed by atoms with Crippen molar-refractivity contribution in [3.8, 4) is 0 Å². The van der Waals surface area contributed by atoms with Gasteiger partial charge in [-0.25, -0.2) is 0 Å². The number of esters is 3. The molecule has 0 spiro atoms. The molecule has 0 amide bonds. The molecule has 1 saturated heterocycles. The number of halogens is 1. The van der Waals surface area contributed by atoms with Crippen molar-refractivity contribution in [3.05, 3.63) is 0 Å². The van der Waals surface area contributed by atoms with E-state index in [-0.39, 0.29) is 19.6 Å². The molecule has 10 nitrogen and oxygen atoms in total. The first-order chi connectivity index (χ1) is 17.4. The number of hydrogen-bond donors (Lipinski definition) is 2. The van der Waals surface area contributed by atoms with E-state index in [1.54, 1.807) is 14.0 Å². The van der Waals surface area contributed by atoms with Crippen LogP contribution < -0.4 is 26.5 Å². The Balaban J connectivity index is 2.92. The number of nitrogens with one attached hydrogen (secondary N) is 1. The van der Waals surface area contributed by atoms with Gasteiger partial charge in [0.15, 0.2) is 0 Å². The molecule has 11 heteroatoms. The van der Waals surface area contributed by atoms with Gasteiger partial charge >= 0.3 is 175 Å². The molecule has 5 unspecified atom stereocenters. The van der Waals surface area contributed by atoms with E-state index in [1.807, 2.05) is 39.5 Å². The Hall–Kier alpha value is -1.02. The van der Waals surface area contributed by atoms with Gasteiger partial charge < -0.3 is 4.74 Å². The number of carbonyl (C=O) groups excluding carboxylic acids is 3. The van der Waals surface area contributed by atoms with Gasteiger partial charge in [0.2, 0.25) is 6.29 Å². The molecule has 37 heavy (non-hydrogen) atoms. The molecule has 0 aromatic carbocycles. The number of ether oxygens (including phenoxy) is 5. The number of aliphatic hydroxyl groups excluding tert-OH is 1. The van der Waals surface area contributed by atoms with Gasteiger partial charge in [0.05, 0.1) is 0 Å². The number of methoxy groups -OCH3 is 1. The summed E-state index contributed by atoms with van der Waals surface area (Å²) in [6, 6.07) is 0. The zero-order valence-electron chi connectivity index (χ0n) is 23.9. The van der Waals surface area contributed by atoms with Gasteiger partial charge in [-0.1, -0.05) is 20.8 Å². The van der Waals surface area contributed by atoms with Crippen LogP contribution in [-0.2, 0) is 38.1 Å². The van der Waals surface area contributed by atoms with Gasteiger partial charge in [0.1, 0.15) is 0 Å². The normalized spacial score (nSPS) is 25.3. The zero-order valence-corrected chi connectivity index (χ0v) is 26.0. The molecule has 0 radical (unpaired) electrons. The number of cyclic esters (lactones) is 1. The first-order valence-electron chi connectivity index (χ1n) is 13.0. The summed E-state index contributed by atoms with van der Waals surface area (Å²) in [5.74, 6) is -2.26. The third-order valence-corrected chi connectivity index (χ3v) is 11.0. The zero-order chi connectivity index (χ0) is 28.4. The van der Waals surface area contributed by atoms with Crippen molar-refractivity contribution in [2.75, 3.05) is 38.8 Å². The molecule has 218 valence electrons. The maximum atomic E-state index is 13.5. The van der Waals surface area contributed by atoms with Crippen LogP contribution in [-0.4, -0.2) is 84.0 Å². The van der Waals surface area contributed by atoms with E-state index >= 15 is 0 Å². The van der Waals surface area contributed by atoms with E-state index in [0.717, 1.165) is 12.8 Å². The van der Waals surface area contributed by atoms with Crippen LogP contribution in [0.1, 0.15) is 67.2 Å². The Labute approximate surface area is 232 Å². The summed E-state index contributed by atoms with van der Waals surface area (Å²) in [6.07, 6.45) is -0.884. The molecule has 0 aliphatic carbocycles. The van der Waals surface area contributed by atoms with Gasteiger partial charge in [-0.05, 0) is 12.8 Å². The van der Waals surface area contributed by atoms with Crippen LogP contribution in [0.2, 0.25) is 0 Å². The van der Waals surface area contributed by atoms with Crippen molar-refractivity contribution >= 4 is 17.9 Å². The number of hydrogen-bond acceptors (Lipinski definition) is 10. The quantitative estimate of drug-likeness (QED) is 0.0522. The summed E-state index contributed by atoms with van der Waals surface area (Å²) >= 11 is -0.459. The average molecular weight is 645 g/mol. The number of rotatable bonds is 17. The molecule has 1 fully saturated rings. The third kappa shape index (κ3) is 7.55. The summed E-state index contributed by atoms with van der Waals surface area (Å²) < 4.78 is 27.1. The van der Waals surface area contributed by atoms with Gasteiger partial charge in [-0.3, -0.25) is 0 Å². The van der Waals surface area contributed by atoms with Crippen molar-refractivity contribution in [1.29, 1.82) is 0 Å². The van der Waals surface area contributed by atoms with Crippen LogP contribution in [0.3, 0.4) is 0 Å². The molecule has 0 saturated carbocycles. The SMILES string of the molecule is CCC1C(CO[C@@H](O)COC(=O)C(C)(CNC)[I-]C)OC(=O)C1(CC)C(=O)OC(OC)C(C)(CC)CC. The third-order valence-electron chi connectivity index (χ3n) is 7.84. The van der Waals surface area contributed by atoms with Gasteiger partial charge in [-0.15, -0.1) is 0 Å². The van der Waals surface area contributed by atoms with Crippen molar-refractivity contribution in [1.82, 2.24) is 5.32 Å². The fraction of sp³-hybridized carbons (Fsp3) is 0.885. The van der Waals surface area contributed by atoms with E-state index in [0.29, 0.717) is 13.0 Å². The van der Waals surface area contributed by atoms with E-state index in [4.69, 9.17) is 23.7 Å². The first kappa shape index (κ1) is 34.0. The Morgan fingerprint density at radius 2 is 1.84 bits per heavy atom. The molecule has 0 aromatic heterocycles. The predicted molar refractivity (Wildman–Crippen MR) is 133 cm³/mol. The molecule has 6 atom stereocenters. The van der Waals surface area contributed by atoms with Gasteiger partial charge in [-0.2, -0.15) is 0 Å². The van der Waals surface area contributed by atoms with Crippen LogP contribution in [0, 0.1) is 16.7 Å². The fourth-order valence-electron chi connectivity index (χ4n) is 4.70. The fourth-order valence-corrected chi connectivity index (χ4v) is 6.06. The van der Waals surface area contributed by atoms with Crippen LogP contribution in [0.4, 0.5) is 0 Å². The monoisotopic (exact) mass is 644 g/mol. The molecule has 1 rings (SSSR count). The first-order valence-corrected chi connectivity index (χ1v) is 16.2. The Kier molecular flexibility index (Phi) is 13.7. The van der Waals surface area contributed by atoms with Crippen molar-refractivity contribution < 1.29 is 64.4 Å². The standard InChI is InChI=1S/C26H47INO9/c1-10-17-18(14-34-19(29)15-35-20(30)25(6,27-7)16-28-8)36-21(31)26(17,13-4)22(32)37-23(33-9)24(5,11-2)12-3/h17-19,23,28-29H,10-16H2,1-9H3/q-1/t17?,18?,19-,23?,25?,26?/m1/s1. The predicted octanol–water partition coefficient (Wildman–Crippen LogP) is -0.748. The summed E-state index contributed by atoms with van der Waals surface area (Å²) in [5.41, 5.74) is -1.91. The van der Waals surface area contributed by atoms with Crippen LogP contribution in [0.25, 0.3) is 0 Å². The van der Waals surface area contributed by atoms with Crippen molar-refractivity contribution in [2.45, 2.75) is 89.3 Å². The van der Waals surface area contributed by atoms with E-state index < -0.39 is 78.0 Å². The summed E-state index contributed by atoms with van der Waals surface area (Å²) in [5, 5.41) is 13.3. The molecular formula is C26H47INO9-. The van der Waals surface area contributed by atoms with E-state index in [2.05, 4.69) is 5.32 Å². The second-order valence-corrected chi connectivity index (χ2v) is 13.4. The van der Waals surface area contributed by atoms with Crippen LogP contribution >= 0.6 is 0 Å². The number of carbonyl (C=O) groups is 3. The van der Waals surface area contributed by atoms with Gasteiger partial charge in [0, 0.05) is 12.5 Å². The number of alkyl halides is 2. The minimum Gasteiger partial charge on any atom is -0.346 e. The second kappa shape index (κ2) is 14.9. The van der Waals surface area contributed by atoms with Crippen LogP contribution in [0.15, 0.2) is 0 Å². The molecule has 2 N–H and O–H groups in total. The molecule has 0 aromatic rings. The minimum atomic E-state index is -1.50. The minimum absolute atomic E-state index is 0.151. The molecular weight excluding hydrogens is 597 g/mol. The summed E-state index contributed by atoms with van der Waals surface area (Å²) in [7, 11) is 3.25. The molecule has 1 aliphatic rings. The Morgan fingerprint density at radius 3 is 2.30 bits per heavy atom. The van der Waals surface area contributed by atoms with Crippen molar-refractivity contribution in [2.24, 2.45) is 16.7 Å². The van der Waals surface area contributed by atoms with E-state index in [9.17, 15) is 19.5 Å². The smallest absolute Gasteiger partial charge is 0.346 e. The van der Waals surface area contributed by atoms with Crippen molar-refractivity contribution in [3.63, 3.8) is 0 Å². The second-order valence-electron chi connectivity index (χ2n) is 9.92. The Bertz CT molecular complexity index is 762. The maximum absolute atomic E-state index is 13.5. The summed E-state index contributed by atoms with van der Waals surface area (Å²) in [4.78, 5) is 41.1.